The summed E-state index contributed by atoms with van der Waals surface area (Å²) in [4.78, 5) is 23.8. The fourth-order valence-electron chi connectivity index (χ4n) is 3.04. The summed E-state index contributed by atoms with van der Waals surface area (Å²) >= 11 is 5.95. The van der Waals surface area contributed by atoms with Crippen LogP contribution in [0.25, 0.3) is 0 Å². The standard InChI is InChI=1S/C16H16ClNO3/c17-13-3-1-2-4-14(13)18-15(19)9-21-16(20)12-8-10-5-6-11(12)7-10/h1-6,10-12H,7-9H2,(H,18,19). The molecule has 0 aliphatic heterocycles. The Kier molecular flexibility index (Phi) is 3.97. The van der Waals surface area contributed by atoms with Crippen LogP contribution in [0, 0.1) is 17.8 Å². The summed E-state index contributed by atoms with van der Waals surface area (Å²) in [6, 6.07) is 6.93. The number of fused-ring (bicyclic) bond motifs is 2. The molecule has 1 fully saturated rings. The number of nitrogens with one attached hydrogen (secondary N) is 1. The number of ether oxygens (including phenoxy) is 1. The van der Waals surface area contributed by atoms with Crippen molar-refractivity contribution in [1.29, 1.82) is 0 Å². The Balaban J connectivity index is 1.49. The maximum absolute atomic E-state index is 12.0. The second-order valence-corrected chi connectivity index (χ2v) is 5.93. The van der Waals surface area contributed by atoms with Gasteiger partial charge in [-0.1, -0.05) is 35.9 Å². The molecular formula is C16H16ClNO3. The van der Waals surface area contributed by atoms with E-state index in [-0.39, 0.29) is 30.3 Å². The topological polar surface area (TPSA) is 55.4 Å². The van der Waals surface area contributed by atoms with E-state index >= 15 is 0 Å². The van der Waals surface area contributed by atoms with Gasteiger partial charge in [-0.25, -0.2) is 0 Å². The smallest absolute Gasteiger partial charge is 0.310 e. The van der Waals surface area contributed by atoms with Gasteiger partial charge in [0.15, 0.2) is 6.61 Å². The molecule has 1 aromatic rings. The van der Waals surface area contributed by atoms with Gasteiger partial charge in [0.25, 0.3) is 5.91 Å². The van der Waals surface area contributed by atoms with Crippen molar-refractivity contribution in [3.63, 3.8) is 0 Å². The minimum absolute atomic E-state index is 0.0897. The van der Waals surface area contributed by atoms with Crippen molar-refractivity contribution in [2.45, 2.75) is 12.8 Å². The molecule has 3 rings (SSSR count). The zero-order valence-corrected chi connectivity index (χ0v) is 12.2. The van der Waals surface area contributed by atoms with Crippen LogP contribution in [0.1, 0.15) is 12.8 Å². The lowest BCUT2D eigenvalue weighted by molar-refractivity contribution is -0.152. The Labute approximate surface area is 128 Å². The van der Waals surface area contributed by atoms with Crippen LogP contribution in [0.5, 0.6) is 0 Å². The summed E-state index contributed by atoms with van der Waals surface area (Å²) in [6.45, 7) is -0.276. The molecule has 0 spiro atoms. The third-order valence-corrected chi connectivity index (χ3v) is 4.40. The first kappa shape index (κ1) is 14.1. The first-order valence-corrected chi connectivity index (χ1v) is 7.40. The van der Waals surface area contributed by atoms with E-state index in [1.54, 1.807) is 24.3 Å². The predicted molar refractivity (Wildman–Crippen MR) is 79.9 cm³/mol. The highest BCUT2D eigenvalue weighted by Gasteiger charge is 2.40. The SMILES string of the molecule is O=C(COC(=O)C1CC2C=CC1C2)Nc1ccccc1Cl. The van der Waals surface area contributed by atoms with Gasteiger partial charge in [0.2, 0.25) is 0 Å². The Morgan fingerprint density at radius 3 is 2.71 bits per heavy atom. The quantitative estimate of drug-likeness (QED) is 0.687. The first-order valence-electron chi connectivity index (χ1n) is 7.03. The maximum Gasteiger partial charge on any atom is 0.310 e. The number of esters is 1. The maximum atomic E-state index is 12.0. The number of allylic oxidation sites excluding steroid dienone is 2. The van der Waals surface area contributed by atoms with E-state index in [1.165, 1.54) is 0 Å². The minimum Gasteiger partial charge on any atom is -0.455 e. The summed E-state index contributed by atoms with van der Waals surface area (Å²) in [5.74, 6) is 0.0445. The van der Waals surface area contributed by atoms with Gasteiger partial charge in [-0.15, -0.1) is 0 Å². The second kappa shape index (κ2) is 5.90. The number of rotatable bonds is 4. The lowest BCUT2D eigenvalue weighted by atomic mass is 9.94. The zero-order valence-electron chi connectivity index (χ0n) is 11.4. The van der Waals surface area contributed by atoms with Crippen molar-refractivity contribution in [2.75, 3.05) is 11.9 Å². The van der Waals surface area contributed by atoms with Gasteiger partial charge in [0.1, 0.15) is 0 Å². The minimum atomic E-state index is -0.379. The van der Waals surface area contributed by atoms with E-state index in [9.17, 15) is 9.59 Å². The van der Waals surface area contributed by atoms with Gasteiger partial charge in [0.05, 0.1) is 16.6 Å². The summed E-state index contributed by atoms with van der Waals surface area (Å²) < 4.78 is 5.12. The molecule has 3 unspecified atom stereocenters. The first-order chi connectivity index (χ1) is 10.1. The molecule has 2 aliphatic rings. The average Bonchev–Trinajstić information content (AvgIpc) is 3.10. The highest BCUT2D eigenvalue weighted by molar-refractivity contribution is 6.33. The van der Waals surface area contributed by atoms with E-state index in [0.29, 0.717) is 16.6 Å². The predicted octanol–water partition coefficient (Wildman–Crippen LogP) is 3.03. The van der Waals surface area contributed by atoms with Crippen molar-refractivity contribution in [3.8, 4) is 0 Å². The highest BCUT2D eigenvalue weighted by atomic mass is 35.5. The number of para-hydroxylation sites is 1. The molecule has 5 heteroatoms. The molecule has 0 saturated heterocycles. The number of hydrogen-bond donors (Lipinski definition) is 1. The molecule has 2 aliphatic carbocycles. The van der Waals surface area contributed by atoms with Crippen molar-refractivity contribution in [1.82, 2.24) is 0 Å². The van der Waals surface area contributed by atoms with Gasteiger partial charge in [-0.05, 0) is 36.8 Å². The summed E-state index contributed by atoms with van der Waals surface area (Å²) in [5.41, 5.74) is 0.517. The van der Waals surface area contributed by atoms with Gasteiger partial charge < -0.3 is 10.1 Å². The van der Waals surface area contributed by atoms with Crippen molar-refractivity contribution >= 4 is 29.2 Å². The summed E-state index contributed by atoms with van der Waals surface area (Å²) in [7, 11) is 0. The number of amides is 1. The van der Waals surface area contributed by atoms with Gasteiger partial charge >= 0.3 is 5.97 Å². The van der Waals surface area contributed by atoms with Crippen LogP contribution in [0.2, 0.25) is 5.02 Å². The number of carbonyl (C=O) groups excluding carboxylic acids is 2. The van der Waals surface area contributed by atoms with Crippen LogP contribution in [-0.2, 0) is 14.3 Å². The van der Waals surface area contributed by atoms with Crippen LogP contribution >= 0.6 is 11.6 Å². The van der Waals surface area contributed by atoms with E-state index in [2.05, 4.69) is 17.5 Å². The number of carbonyl (C=O) groups is 2. The van der Waals surface area contributed by atoms with Gasteiger partial charge in [0, 0.05) is 0 Å². The van der Waals surface area contributed by atoms with E-state index in [4.69, 9.17) is 16.3 Å². The number of benzene rings is 1. The molecule has 2 bridgehead atoms. The van der Waals surface area contributed by atoms with Crippen molar-refractivity contribution < 1.29 is 14.3 Å². The fraction of sp³-hybridized carbons (Fsp3) is 0.375. The normalized spacial score (nSPS) is 25.9. The number of halogens is 1. The Morgan fingerprint density at radius 1 is 1.24 bits per heavy atom. The van der Waals surface area contributed by atoms with Crippen LogP contribution in [0.4, 0.5) is 5.69 Å². The molecule has 0 aromatic heterocycles. The number of anilines is 1. The summed E-state index contributed by atoms with van der Waals surface area (Å²) in [6.07, 6.45) is 6.13. The molecule has 1 N–H and O–H groups in total. The fourth-order valence-corrected chi connectivity index (χ4v) is 3.23. The lowest BCUT2D eigenvalue weighted by Crippen LogP contribution is -2.26. The Morgan fingerprint density at radius 2 is 2.05 bits per heavy atom. The molecule has 1 saturated carbocycles. The van der Waals surface area contributed by atoms with Crippen LogP contribution in [0.15, 0.2) is 36.4 Å². The lowest BCUT2D eigenvalue weighted by Gasteiger charge is -2.16. The zero-order chi connectivity index (χ0) is 14.8. The Hall–Kier alpha value is -1.81. The molecule has 21 heavy (non-hydrogen) atoms. The van der Waals surface area contributed by atoms with E-state index in [1.807, 2.05) is 0 Å². The molecular weight excluding hydrogens is 290 g/mol. The Bertz CT molecular complexity index is 599. The molecule has 4 nitrogen and oxygen atoms in total. The molecule has 110 valence electrons. The molecule has 1 aromatic carbocycles. The van der Waals surface area contributed by atoms with Crippen LogP contribution < -0.4 is 5.32 Å². The van der Waals surface area contributed by atoms with E-state index in [0.717, 1.165) is 12.8 Å². The van der Waals surface area contributed by atoms with Crippen LogP contribution in [-0.4, -0.2) is 18.5 Å². The molecule has 3 atom stereocenters. The van der Waals surface area contributed by atoms with E-state index < -0.39 is 0 Å². The van der Waals surface area contributed by atoms with Crippen molar-refractivity contribution in [3.05, 3.63) is 41.4 Å². The monoisotopic (exact) mass is 305 g/mol. The van der Waals surface area contributed by atoms with Crippen molar-refractivity contribution in [2.24, 2.45) is 17.8 Å². The third kappa shape index (κ3) is 3.10. The largest absolute Gasteiger partial charge is 0.455 e. The second-order valence-electron chi connectivity index (χ2n) is 5.52. The molecule has 1 amide bonds. The summed E-state index contributed by atoms with van der Waals surface area (Å²) in [5, 5.41) is 3.08. The van der Waals surface area contributed by atoms with Gasteiger partial charge in [-0.2, -0.15) is 0 Å². The van der Waals surface area contributed by atoms with Gasteiger partial charge in [-0.3, -0.25) is 9.59 Å². The molecule has 0 heterocycles. The van der Waals surface area contributed by atoms with Crippen LogP contribution in [0.3, 0.4) is 0 Å². The average molecular weight is 306 g/mol. The molecule has 0 radical (unpaired) electrons. The number of hydrogen-bond acceptors (Lipinski definition) is 3. The third-order valence-electron chi connectivity index (χ3n) is 4.08. The highest BCUT2D eigenvalue weighted by Crippen LogP contribution is 2.43.